The molecule has 1 aromatic carbocycles. The summed E-state index contributed by atoms with van der Waals surface area (Å²) in [5, 5.41) is 9.02. The van der Waals surface area contributed by atoms with E-state index in [-0.39, 0.29) is 11.2 Å². The third-order valence-electron chi connectivity index (χ3n) is 4.94. The number of nitriles is 1. The van der Waals surface area contributed by atoms with Crippen molar-refractivity contribution in [3.8, 4) is 23.7 Å². The van der Waals surface area contributed by atoms with Crippen LogP contribution in [0.25, 0.3) is 0 Å². The fourth-order valence-corrected chi connectivity index (χ4v) is 3.53. The molecule has 5 heteroatoms. The van der Waals surface area contributed by atoms with Crippen LogP contribution >= 0.6 is 0 Å². The molecular formula is C20H16FN3O. The number of aromatic nitrogens is 1. The molecule has 124 valence electrons. The Labute approximate surface area is 145 Å². The summed E-state index contributed by atoms with van der Waals surface area (Å²) in [5.41, 5.74) is 1.66. The van der Waals surface area contributed by atoms with Crippen molar-refractivity contribution >= 4 is 5.69 Å². The van der Waals surface area contributed by atoms with Gasteiger partial charge < -0.3 is 9.64 Å². The lowest BCUT2D eigenvalue weighted by atomic mass is 10.1. The highest BCUT2D eigenvalue weighted by Gasteiger charge is 2.59. The summed E-state index contributed by atoms with van der Waals surface area (Å²) < 4.78 is 19.0. The van der Waals surface area contributed by atoms with Gasteiger partial charge in [0.1, 0.15) is 5.82 Å². The average molecular weight is 333 g/mol. The van der Waals surface area contributed by atoms with E-state index in [0.29, 0.717) is 22.9 Å². The first kappa shape index (κ1) is 15.5. The largest absolute Gasteiger partial charge is 0.494 e. The number of rotatable bonds is 2. The van der Waals surface area contributed by atoms with Gasteiger partial charge in [-0.2, -0.15) is 5.26 Å². The molecule has 0 amide bonds. The summed E-state index contributed by atoms with van der Waals surface area (Å²) in [7, 11) is 1.61. The SMILES string of the molecule is COc1cccnc1C#CC12CC1CN(c1cc(F)cc(C#N)c1)C2. The van der Waals surface area contributed by atoms with Crippen molar-refractivity contribution in [3.05, 3.63) is 53.6 Å². The molecule has 2 fully saturated rings. The Bertz CT molecular complexity index is 940. The van der Waals surface area contributed by atoms with Crippen LogP contribution in [0.1, 0.15) is 17.7 Å². The van der Waals surface area contributed by atoms with E-state index in [4.69, 9.17) is 10.00 Å². The van der Waals surface area contributed by atoms with E-state index >= 15 is 0 Å². The lowest BCUT2D eigenvalue weighted by Gasteiger charge is -2.21. The zero-order valence-electron chi connectivity index (χ0n) is 13.8. The molecule has 2 unspecified atom stereocenters. The predicted octanol–water partition coefficient (Wildman–Crippen LogP) is 2.98. The first-order chi connectivity index (χ1) is 12.1. The van der Waals surface area contributed by atoms with Gasteiger partial charge in [-0.15, -0.1) is 0 Å². The predicted molar refractivity (Wildman–Crippen MR) is 91.5 cm³/mol. The van der Waals surface area contributed by atoms with Gasteiger partial charge >= 0.3 is 0 Å². The molecule has 0 bridgehead atoms. The van der Waals surface area contributed by atoms with Gasteiger partial charge in [0.25, 0.3) is 0 Å². The highest BCUT2D eigenvalue weighted by Crippen LogP contribution is 2.58. The number of benzene rings is 1. The molecule has 2 aliphatic rings. The second kappa shape index (κ2) is 5.79. The highest BCUT2D eigenvalue weighted by molar-refractivity contribution is 5.56. The Balaban J connectivity index is 1.57. The first-order valence-corrected chi connectivity index (χ1v) is 8.11. The maximum Gasteiger partial charge on any atom is 0.155 e. The van der Waals surface area contributed by atoms with Crippen molar-refractivity contribution in [2.24, 2.45) is 11.3 Å². The zero-order valence-corrected chi connectivity index (χ0v) is 13.8. The molecule has 2 aromatic rings. The van der Waals surface area contributed by atoms with Gasteiger partial charge in [-0.1, -0.05) is 5.92 Å². The first-order valence-electron chi connectivity index (χ1n) is 8.11. The Morgan fingerprint density at radius 2 is 2.28 bits per heavy atom. The van der Waals surface area contributed by atoms with Crippen LogP contribution in [0.3, 0.4) is 0 Å². The molecule has 1 aliphatic heterocycles. The molecule has 2 atom stereocenters. The van der Waals surface area contributed by atoms with E-state index in [0.717, 1.165) is 25.2 Å². The van der Waals surface area contributed by atoms with E-state index < -0.39 is 0 Å². The Morgan fingerprint density at radius 1 is 1.40 bits per heavy atom. The van der Waals surface area contributed by atoms with Crippen molar-refractivity contribution in [1.29, 1.82) is 5.26 Å². The molecule has 1 aliphatic carbocycles. The number of nitrogens with zero attached hydrogens (tertiary/aromatic N) is 3. The summed E-state index contributed by atoms with van der Waals surface area (Å²) >= 11 is 0. The second-order valence-electron chi connectivity index (χ2n) is 6.55. The maximum absolute atomic E-state index is 13.7. The van der Waals surface area contributed by atoms with Gasteiger partial charge in [0.15, 0.2) is 11.4 Å². The summed E-state index contributed by atoms with van der Waals surface area (Å²) in [5.74, 6) is 7.29. The maximum atomic E-state index is 13.7. The molecule has 0 N–H and O–H groups in total. The normalized spacial score (nSPS) is 23.2. The number of pyridine rings is 1. The number of hydrogen-bond acceptors (Lipinski definition) is 4. The fraction of sp³-hybridized carbons (Fsp3) is 0.300. The number of ether oxygens (including phenoxy) is 1. The van der Waals surface area contributed by atoms with Crippen LogP contribution in [0.2, 0.25) is 0 Å². The topological polar surface area (TPSA) is 49.1 Å². The van der Waals surface area contributed by atoms with Crippen molar-refractivity contribution < 1.29 is 9.13 Å². The van der Waals surface area contributed by atoms with Crippen LogP contribution in [0.4, 0.5) is 10.1 Å². The van der Waals surface area contributed by atoms with Crippen LogP contribution in [0.15, 0.2) is 36.5 Å². The van der Waals surface area contributed by atoms with E-state index in [2.05, 4.69) is 21.7 Å². The lowest BCUT2D eigenvalue weighted by molar-refractivity contribution is 0.411. The number of anilines is 1. The monoisotopic (exact) mass is 333 g/mol. The van der Waals surface area contributed by atoms with Gasteiger partial charge in [0.05, 0.1) is 24.2 Å². The Hall–Kier alpha value is -3.05. The van der Waals surface area contributed by atoms with Crippen molar-refractivity contribution in [1.82, 2.24) is 4.98 Å². The second-order valence-corrected chi connectivity index (χ2v) is 6.55. The van der Waals surface area contributed by atoms with Crippen LogP contribution in [0.5, 0.6) is 5.75 Å². The highest BCUT2D eigenvalue weighted by atomic mass is 19.1. The Morgan fingerprint density at radius 3 is 3.08 bits per heavy atom. The van der Waals surface area contributed by atoms with E-state index in [1.165, 1.54) is 12.1 Å². The molecule has 1 saturated carbocycles. The van der Waals surface area contributed by atoms with Crippen LogP contribution in [0, 0.1) is 40.3 Å². The number of piperidine rings is 1. The zero-order chi connectivity index (χ0) is 17.4. The average Bonchev–Trinajstić information content (AvgIpc) is 3.19. The van der Waals surface area contributed by atoms with Gasteiger partial charge in [-0.3, -0.25) is 0 Å². The molecule has 2 heterocycles. The molecule has 1 aromatic heterocycles. The third-order valence-corrected chi connectivity index (χ3v) is 4.94. The fourth-order valence-electron chi connectivity index (χ4n) is 3.53. The number of halogens is 1. The van der Waals surface area contributed by atoms with E-state index in [1.54, 1.807) is 19.4 Å². The number of hydrogen-bond donors (Lipinski definition) is 0. The summed E-state index contributed by atoms with van der Waals surface area (Å²) in [4.78, 5) is 6.39. The minimum atomic E-state index is -0.382. The summed E-state index contributed by atoms with van der Waals surface area (Å²) in [6, 6.07) is 10.1. The van der Waals surface area contributed by atoms with Gasteiger partial charge in [0.2, 0.25) is 0 Å². The Kier molecular flexibility index (Phi) is 3.58. The van der Waals surface area contributed by atoms with Crippen LogP contribution < -0.4 is 9.64 Å². The molecule has 25 heavy (non-hydrogen) atoms. The van der Waals surface area contributed by atoms with Crippen molar-refractivity contribution in [2.45, 2.75) is 6.42 Å². The van der Waals surface area contributed by atoms with Gasteiger partial charge in [-0.25, -0.2) is 9.37 Å². The number of fused-ring (bicyclic) bond motifs is 1. The van der Waals surface area contributed by atoms with Gasteiger partial charge in [0, 0.05) is 25.0 Å². The molecule has 1 saturated heterocycles. The molecule has 0 spiro atoms. The van der Waals surface area contributed by atoms with Crippen molar-refractivity contribution in [2.75, 3.05) is 25.1 Å². The minimum Gasteiger partial charge on any atom is -0.494 e. The third kappa shape index (κ3) is 2.79. The van der Waals surface area contributed by atoms with Crippen molar-refractivity contribution in [3.63, 3.8) is 0 Å². The van der Waals surface area contributed by atoms with E-state index in [1.807, 2.05) is 18.2 Å². The molecular weight excluding hydrogens is 317 g/mol. The van der Waals surface area contributed by atoms with E-state index in [9.17, 15) is 4.39 Å². The van der Waals surface area contributed by atoms with Gasteiger partial charge in [-0.05, 0) is 48.6 Å². The summed E-state index contributed by atoms with van der Waals surface area (Å²) in [6.45, 7) is 1.58. The molecule has 0 radical (unpaired) electrons. The molecule has 4 rings (SSSR count). The standard InChI is InChI=1S/C20H16FN3O/c1-25-19-3-2-6-23-18(19)4-5-20-10-15(20)12-24(13-20)17-8-14(11-22)7-16(21)9-17/h2-3,6-9,15H,10,12-13H2,1H3. The number of methoxy groups -OCH3 is 1. The smallest absolute Gasteiger partial charge is 0.155 e. The summed E-state index contributed by atoms with van der Waals surface area (Å²) in [6.07, 6.45) is 2.75. The van der Waals surface area contributed by atoms with Crippen LogP contribution in [-0.2, 0) is 0 Å². The lowest BCUT2D eigenvalue weighted by Crippen LogP contribution is -2.24. The molecule has 4 nitrogen and oxygen atoms in total. The minimum absolute atomic E-state index is 0.0678. The van der Waals surface area contributed by atoms with Crippen LogP contribution in [-0.4, -0.2) is 25.2 Å². The quantitative estimate of drug-likeness (QED) is 0.793.